The normalized spacial score (nSPS) is 20.9. The van der Waals surface area contributed by atoms with Crippen molar-refractivity contribution in [3.8, 4) is 0 Å². The van der Waals surface area contributed by atoms with Crippen molar-refractivity contribution in [2.45, 2.75) is 50.7 Å². The summed E-state index contributed by atoms with van der Waals surface area (Å²) in [5, 5.41) is 5.25. The first-order valence-corrected chi connectivity index (χ1v) is 10.2. The molecule has 7 nitrogen and oxygen atoms in total. The number of nitrogens with one attached hydrogen (secondary N) is 2. The number of carbonyl (C=O) groups excluding carboxylic acids is 3. The second kappa shape index (κ2) is 10.2. The molecule has 2 aliphatic rings. The Hall–Kier alpha value is -2.41. The molecule has 1 aliphatic heterocycles. The molecule has 3 amide bonds. The second-order valence-corrected chi connectivity index (χ2v) is 7.45. The second-order valence-electron chi connectivity index (χ2n) is 7.45. The largest absolute Gasteiger partial charge is 0.370 e. The van der Waals surface area contributed by atoms with Gasteiger partial charge in [-0.3, -0.25) is 14.4 Å². The molecule has 0 unspecified atom stereocenters. The van der Waals surface area contributed by atoms with Crippen LogP contribution in [0.15, 0.2) is 30.3 Å². The molecule has 0 aromatic heterocycles. The van der Waals surface area contributed by atoms with E-state index in [0.29, 0.717) is 19.7 Å². The van der Waals surface area contributed by atoms with Gasteiger partial charge < -0.3 is 20.3 Å². The summed E-state index contributed by atoms with van der Waals surface area (Å²) in [5.41, 5.74) is 1.02. The first-order chi connectivity index (χ1) is 13.6. The number of hydrogen-bond donors (Lipinski definition) is 2. The Morgan fingerprint density at radius 1 is 1.00 bits per heavy atom. The molecule has 1 heterocycles. The number of morpholine rings is 1. The predicted octanol–water partition coefficient (Wildman–Crippen LogP) is 1.54. The van der Waals surface area contributed by atoms with E-state index in [2.05, 4.69) is 10.6 Å². The summed E-state index contributed by atoms with van der Waals surface area (Å²) in [4.78, 5) is 38.3. The zero-order chi connectivity index (χ0) is 19.8. The first kappa shape index (κ1) is 20.3. The van der Waals surface area contributed by atoms with Crippen LogP contribution in [0, 0.1) is 0 Å². The standard InChI is InChI=1S/C21H29N3O4/c25-19(24-12-13-28-18(15-24)16-8-4-3-5-9-16)14-22-20(26)21(27)23-17-10-6-1-2-7-11-17/h3-5,8-9,17-18H,1-2,6-7,10-15H2,(H,22,26)(H,23,27)/t18-/m0/s1. The third kappa shape index (κ3) is 5.79. The Balaban J connectivity index is 1.43. The lowest BCUT2D eigenvalue weighted by atomic mass is 10.1. The molecule has 28 heavy (non-hydrogen) atoms. The minimum absolute atomic E-state index is 0.0577. The molecular weight excluding hydrogens is 358 g/mol. The van der Waals surface area contributed by atoms with Crippen molar-refractivity contribution in [3.05, 3.63) is 35.9 Å². The van der Waals surface area contributed by atoms with Gasteiger partial charge in [0.15, 0.2) is 0 Å². The summed E-state index contributed by atoms with van der Waals surface area (Å²) in [6.45, 7) is 1.18. The third-order valence-corrected chi connectivity index (χ3v) is 5.39. The van der Waals surface area contributed by atoms with Crippen LogP contribution in [0.5, 0.6) is 0 Å². The van der Waals surface area contributed by atoms with Gasteiger partial charge in [-0.1, -0.05) is 56.0 Å². The van der Waals surface area contributed by atoms with E-state index >= 15 is 0 Å². The zero-order valence-electron chi connectivity index (χ0n) is 16.2. The van der Waals surface area contributed by atoms with Crippen molar-refractivity contribution in [2.24, 2.45) is 0 Å². The molecule has 1 atom stereocenters. The molecular formula is C21H29N3O4. The van der Waals surface area contributed by atoms with E-state index < -0.39 is 11.8 Å². The van der Waals surface area contributed by atoms with E-state index in [1.807, 2.05) is 30.3 Å². The molecule has 1 aromatic carbocycles. The predicted molar refractivity (Wildman–Crippen MR) is 104 cm³/mol. The van der Waals surface area contributed by atoms with Gasteiger partial charge in [0.2, 0.25) is 5.91 Å². The van der Waals surface area contributed by atoms with Crippen LogP contribution in [0.4, 0.5) is 0 Å². The highest BCUT2D eigenvalue weighted by molar-refractivity contribution is 6.35. The van der Waals surface area contributed by atoms with E-state index in [9.17, 15) is 14.4 Å². The average Bonchev–Trinajstić information content (AvgIpc) is 3.01. The molecule has 0 bridgehead atoms. The maximum Gasteiger partial charge on any atom is 0.309 e. The van der Waals surface area contributed by atoms with E-state index in [4.69, 9.17) is 4.74 Å². The number of hydrogen-bond acceptors (Lipinski definition) is 4. The van der Waals surface area contributed by atoms with Gasteiger partial charge in [-0.2, -0.15) is 0 Å². The summed E-state index contributed by atoms with van der Waals surface area (Å²) in [6, 6.07) is 9.81. The van der Waals surface area contributed by atoms with Crippen molar-refractivity contribution < 1.29 is 19.1 Å². The Morgan fingerprint density at radius 2 is 1.71 bits per heavy atom. The average molecular weight is 387 g/mol. The van der Waals surface area contributed by atoms with Crippen molar-refractivity contribution in [1.29, 1.82) is 0 Å². The Labute approximate surface area is 165 Å². The van der Waals surface area contributed by atoms with Gasteiger partial charge >= 0.3 is 11.8 Å². The fourth-order valence-corrected chi connectivity index (χ4v) is 3.77. The minimum atomic E-state index is -0.745. The number of benzene rings is 1. The van der Waals surface area contributed by atoms with Crippen molar-refractivity contribution in [1.82, 2.24) is 15.5 Å². The lowest BCUT2D eigenvalue weighted by molar-refractivity contribution is -0.143. The highest BCUT2D eigenvalue weighted by atomic mass is 16.5. The fourth-order valence-electron chi connectivity index (χ4n) is 3.77. The van der Waals surface area contributed by atoms with Gasteiger partial charge in [0.25, 0.3) is 0 Å². The van der Waals surface area contributed by atoms with Gasteiger partial charge in [0, 0.05) is 12.6 Å². The van der Waals surface area contributed by atoms with E-state index in [1.165, 1.54) is 12.8 Å². The van der Waals surface area contributed by atoms with Crippen LogP contribution in [0.25, 0.3) is 0 Å². The summed E-state index contributed by atoms with van der Waals surface area (Å²) in [7, 11) is 0. The van der Waals surface area contributed by atoms with Crippen LogP contribution in [0.2, 0.25) is 0 Å². The van der Waals surface area contributed by atoms with Gasteiger partial charge in [-0.15, -0.1) is 0 Å². The van der Waals surface area contributed by atoms with Gasteiger partial charge in [0.05, 0.1) is 19.7 Å². The van der Waals surface area contributed by atoms with Crippen LogP contribution in [-0.4, -0.2) is 54.9 Å². The summed E-state index contributed by atoms with van der Waals surface area (Å²) in [5.74, 6) is -1.60. The highest BCUT2D eigenvalue weighted by Gasteiger charge is 2.26. The van der Waals surface area contributed by atoms with Crippen LogP contribution >= 0.6 is 0 Å². The maximum absolute atomic E-state index is 12.5. The first-order valence-electron chi connectivity index (χ1n) is 10.2. The summed E-state index contributed by atoms with van der Waals surface area (Å²) < 4.78 is 5.76. The van der Waals surface area contributed by atoms with Crippen LogP contribution in [0.3, 0.4) is 0 Å². The van der Waals surface area contributed by atoms with Crippen molar-refractivity contribution >= 4 is 17.7 Å². The molecule has 1 aliphatic carbocycles. The number of carbonyl (C=O) groups is 3. The third-order valence-electron chi connectivity index (χ3n) is 5.39. The van der Waals surface area contributed by atoms with Crippen LogP contribution in [0.1, 0.15) is 50.2 Å². The number of nitrogens with zero attached hydrogens (tertiary/aromatic N) is 1. The molecule has 152 valence electrons. The van der Waals surface area contributed by atoms with Crippen molar-refractivity contribution in [2.75, 3.05) is 26.2 Å². The lowest BCUT2D eigenvalue weighted by Crippen LogP contribution is -2.49. The quantitative estimate of drug-likeness (QED) is 0.606. The molecule has 1 aromatic rings. The minimum Gasteiger partial charge on any atom is -0.370 e. The molecule has 2 N–H and O–H groups in total. The Morgan fingerprint density at radius 3 is 2.43 bits per heavy atom. The molecule has 0 radical (unpaired) electrons. The van der Waals surface area contributed by atoms with E-state index in [-0.39, 0.29) is 24.6 Å². The Kier molecular flexibility index (Phi) is 7.42. The fraction of sp³-hybridized carbons (Fsp3) is 0.571. The zero-order valence-corrected chi connectivity index (χ0v) is 16.2. The molecule has 1 saturated carbocycles. The van der Waals surface area contributed by atoms with Crippen LogP contribution in [-0.2, 0) is 19.1 Å². The van der Waals surface area contributed by atoms with Crippen LogP contribution < -0.4 is 10.6 Å². The summed E-state index contributed by atoms with van der Waals surface area (Å²) in [6.07, 6.45) is 6.15. The number of rotatable bonds is 4. The van der Waals surface area contributed by atoms with Gasteiger partial charge in [-0.25, -0.2) is 0 Å². The lowest BCUT2D eigenvalue weighted by Gasteiger charge is -2.33. The smallest absolute Gasteiger partial charge is 0.309 e. The Bertz CT molecular complexity index is 671. The number of ether oxygens (including phenoxy) is 1. The maximum atomic E-state index is 12.5. The molecule has 1 saturated heterocycles. The summed E-state index contributed by atoms with van der Waals surface area (Å²) >= 11 is 0. The number of amides is 3. The van der Waals surface area contributed by atoms with E-state index in [0.717, 1.165) is 31.2 Å². The highest BCUT2D eigenvalue weighted by Crippen LogP contribution is 2.21. The van der Waals surface area contributed by atoms with Gasteiger partial charge in [-0.05, 0) is 18.4 Å². The SMILES string of the molecule is O=C(NCC(=O)N1CCO[C@H](c2ccccc2)C1)C(=O)NC1CCCCCC1. The topological polar surface area (TPSA) is 87.7 Å². The van der Waals surface area contributed by atoms with Crippen molar-refractivity contribution in [3.63, 3.8) is 0 Å². The molecule has 3 rings (SSSR count). The van der Waals surface area contributed by atoms with Gasteiger partial charge in [0.1, 0.15) is 6.10 Å². The molecule has 2 fully saturated rings. The monoisotopic (exact) mass is 387 g/mol. The molecule has 7 heteroatoms. The van der Waals surface area contributed by atoms with E-state index in [1.54, 1.807) is 4.90 Å². The molecule has 0 spiro atoms.